The number of hydrogen-bond acceptors (Lipinski definition) is 3. The number of benzene rings is 7. The van der Waals surface area contributed by atoms with E-state index in [-0.39, 0.29) is 33.4 Å². The van der Waals surface area contributed by atoms with E-state index in [2.05, 4.69) is 15.0 Å². The highest BCUT2D eigenvalue weighted by molar-refractivity contribution is 5.90. The average molecular weight is 667 g/mol. The second kappa shape index (κ2) is 12.5. The molecule has 0 bridgehead atoms. The summed E-state index contributed by atoms with van der Waals surface area (Å²) in [5, 5.41) is 0. The molecule has 1 heterocycles. The lowest BCUT2D eigenvalue weighted by Gasteiger charge is -2.12. The molecule has 8 aromatic rings. The Bertz CT molecular complexity index is 3860. The molecule has 1 aromatic heterocycles. The van der Waals surface area contributed by atoms with Gasteiger partial charge in [0.05, 0.1) is 37.0 Å². The summed E-state index contributed by atoms with van der Waals surface area (Å²) >= 11 is 0. The van der Waals surface area contributed by atoms with E-state index >= 15 is 0 Å². The van der Waals surface area contributed by atoms with E-state index in [1.807, 2.05) is 0 Å². The van der Waals surface area contributed by atoms with Gasteiger partial charge in [-0.1, -0.05) is 163 Å². The minimum atomic E-state index is -0.906. The monoisotopic (exact) mass is 666 g/mol. The Morgan fingerprint density at radius 1 is 0.380 bits per heavy atom. The van der Waals surface area contributed by atoms with E-state index in [1.165, 1.54) is 6.92 Å². The first kappa shape index (κ1) is 12.8. The van der Waals surface area contributed by atoms with E-state index in [9.17, 15) is 5.48 Å². The van der Waals surface area contributed by atoms with Crippen LogP contribution in [0.2, 0.25) is 0 Å². The Kier molecular flexibility index (Phi) is 3.20. The number of nitrogens with zero attached hydrogens (tertiary/aromatic N) is 3. The van der Waals surface area contributed by atoms with Crippen LogP contribution in [0.15, 0.2) is 169 Å². The van der Waals surface area contributed by atoms with E-state index in [0.29, 0.717) is 0 Å². The van der Waals surface area contributed by atoms with Crippen molar-refractivity contribution in [3.63, 3.8) is 0 Å². The standard InChI is InChI=1S/C47H33N3/c1-31-12-8-18-37(28-31)46-48-45(35-15-6-3-7-16-35)49-47(50-46)38-19-9-17-36(29-38)40-21-11-23-42-41-22-10-20-39(43(41)30-44(40)42)34-26-24-33(25-27-34)32-13-4-2-5-14-32/h2-29H,30H2,1H3/i2D,3D,4D,5D,6D,7D,8D,9D,10D,11D,12D,13D,14D,15D,16D,17D,18D,19D,20D,21D,22D,23D,24D,25D,26D,27D,28D. The lowest BCUT2D eigenvalue weighted by Crippen LogP contribution is -2.00. The fraction of sp³-hybridized carbons (Fsp3) is 0.0426. The van der Waals surface area contributed by atoms with Gasteiger partial charge in [-0.05, 0) is 81.1 Å². The molecule has 0 saturated heterocycles. The molecule has 7 aromatic carbocycles. The van der Waals surface area contributed by atoms with Crippen LogP contribution in [-0.4, -0.2) is 15.0 Å². The van der Waals surface area contributed by atoms with E-state index in [4.69, 9.17) is 31.5 Å². The SMILES string of the molecule is [2H]c1c(-c2nc(-c3c([2H])c([2H])c([2H])c([2H])c3[2H])nc(-c3c([2H])c([2H])c([2H])c(C)c3[2H])n2)cc(-c2c([2H])c([2H])c([2H])c3c2Cc2c(-c4c([2H])c([2H])c(-c5c([2H])c([2H])c([2H])c([2H])c5[2H])c([2H])c4[2H])c([2H])c([2H])c([2H])c2-3)c([2H])c1[2H]. The Labute approximate surface area is 330 Å². The zero-order valence-electron chi connectivity index (χ0n) is 52.6. The molecule has 3 heteroatoms. The van der Waals surface area contributed by atoms with Crippen LogP contribution in [0.1, 0.15) is 53.7 Å². The Balaban J connectivity index is 1.33. The third kappa shape index (κ3) is 5.49. The van der Waals surface area contributed by atoms with E-state index in [1.54, 1.807) is 0 Å². The smallest absolute Gasteiger partial charge is 0.164 e. The third-order valence-corrected chi connectivity index (χ3v) is 7.71. The maximum atomic E-state index is 9.30. The van der Waals surface area contributed by atoms with Crippen LogP contribution in [0.5, 0.6) is 0 Å². The second-order valence-electron chi connectivity index (χ2n) is 10.8. The number of fused-ring (bicyclic) bond motifs is 3. The summed E-state index contributed by atoms with van der Waals surface area (Å²) in [4.78, 5) is 13.1. The van der Waals surface area contributed by atoms with Crippen LogP contribution >= 0.6 is 0 Å². The van der Waals surface area contributed by atoms with Gasteiger partial charge in [-0.3, -0.25) is 0 Å². The number of rotatable bonds is 6. The Hall–Kier alpha value is -6.45. The lowest BCUT2D eigenvalue weighted by atomic mass is 9.94. The van der Waals surface area contributed by atoms with Gasteiger partial charge in [-0.15, -0.1) is 0 Å². The fourth-order valence-corrected chi connectivity index (χ4v) is 5.47. The first-order chi connectivity index (χ1) is 35.9. The minimum Gasteiger partial charge on any atom is -0.208 e. The zero-order chi connectivity index (χ0) is 56.9. The zero-order valence-corrected chi connectivity index (χ0v) is 25.6. The molecule has 9 rings (SSSR count). The van der Waals surface area contributed by atoms with Gasteiger partial charge in [0.1, 0.15) is 0 Å². The van der Waals surface area contributed by atoms with Crippen molar-refractivity contribution < 1.29 is 37.0 Å². The third-order valence-electron chi connectivity index (χ3n) is 7.71. The highest BCUT2D eigenvalue weighted by atomic mass is 15.0. The predicted octanol–water partition coefficient (Wildman–Crippen LogP) is 11.8. The van der Waals surface area contributed by atoms with Gasteiger partial charge in [0, 0.05) is 16.7 Å². The topological polar surface area (TPSA) is 38.7 Å². The molecule has 0 atom stereocenters. The maximum absolute atomic E-state index is 9.30. The molecule has 0 spiro atoms. The van der Waals surface area contributed by atoms with Crippen LogP contribution in [0.25, 0.3) is 78.7 Å². The van der Waals surface area contributed by atoms with E-state index < -0.39 is 232 Å². The normalized spacial score (nSPS) is 19.2. The molecule has 0 amide bonds. The lowest BCUT2D eigenvalue weighted by molar-refractivity contribution is 1.07. The largest absolute Gasteiger partial charge is 0.208 e. The van der Waals surface area contributed by atoms with Crippen molar-refractivity contribution in [2.24, 2.45) is 0 Å². The van der Waals surface area contributed by atoms with E-state index in [0.717, 1.165) is 6.07 Å². The quantitative estimate of drug-likeness (QED) is 0.177. The van der Waals surface area contributed by atoms with Gasteiger partial charge in [0.15, 0.2) is 17.5 Å². The molecule has 236 valence electrons. The summed E-state index contributed by atoms with van der Waals surface area (Å²) in [6, 6.07) is -20.1. The Morgan fingerprint density at radius 2 is 0.820 bits per heavy atom. The molecule has 50 heavy (non-hydrogen) atoms. The predicted molar refractivity (Wildman–Crippen MR) is 205 cm³/mol. The van der Waals surface area contributed by atoms with Gasteiger partial charge in [0.2, 0.25) is 0 Å². The van der Waals surface area contributed by atoms with Crippen LogP contribution in [0.4, 0.5) is 0 Å². The van der Waals surface area contributed by atoms with Gasteiger partial charge in [-0.25, -0.2) is 15.0 Å². The highest BCUT2D eigenvalue weighted by Crippen LogP contribution is 2.45. The molecule has 1 aliphatic rings. The summed E-state index contributed by atoms with van der Waals surface area (Å²) in [7, 11) is 0. The molecule has 0 radical (unpaired) electrons. The molecular weight excluding hydrogens is 607 g/mol. The summed E-state index contributed by atoms with van der Waals surface area (Å²) < 4.78 is 237. The molecule has 0 unspecified atom stereocenters. The summed E-state index contributed by atoms with van der Waals surface area (Å²) in [6.07, 6.45) is -0.560. The molecule has 0 aliphatic heterocycles. The Morgan fingerprint density at radius 3 is 1.50 bits per heavy atom. The molecule has 0 fully saturated rings. The minimum absolute atomic E-state index is 0.0951. The molecule has 1 aliphatic carbocycles. The second-order valence-corrected chi connectivity index (χ2v) is 10.8. The first-order valence-corrected chi connectivity index (χ1v) is 14.9. The van der Waals surface area contributed by atoms with Crippen molar-refractivity contribution in [2.75, 3.05) is 0 Å². The first-order valence-electron chi connectivity index (χ1n) is 28.4. The summed E-state index contributed by atoms with van der Waals surface area (Å²) in [5.41, 5.74) is -5.77. The van der Waals surface area contributed by atoms with Crippen LogP contribution in [0, 0.1) is 6.92 Å². The van der Waals surface area contributed by atoms with Crippen molar-refractivity contribution in [2.45, 2.75) is 13.3 Å². The fourth-order valence-electron chi connectivity index (χ4n) is 5.47. The van der Waals surface area contributed by atoms with Crippen LogP contribution in [-0.2, 0) is 6.42 Å². The van der Waals surface area contributed by atoms with Crippen molar-refractivity contribution in [3.8, 4) is 78.7 Å². The van der Waals surface area contributed by atoms with Gasteiger partial charge in [0.25, 0.3) is 0 Å². The van der Waals surface area contributed by atoms with Crippen molar-refractivity contribution in [3.05, 3.63) is 186 Å². The molecule has 0 saturated carbocycles. The number of aromatic nitrogens is 3. The van der Waals surface area contributed by atoms with Gasteiger partial charge in [-0.2, -0.15) is 0 Å². The van der Waals surface area contributed by atoms with Crippen LogP contribution < -0.4 is 0 Å². The van der Waals surface area contributed by atoms with Crippen molar-refractivity contribution in [1.82, 2.24) is 15.0 Å². The maximum Gasteiger partial charge on any atom is 0.164 e. The van der Waals surface area contributed by atoms with Crippen LogP contribution in [0.3, 0.4) is 0 Å². The van der Waals surface area contributed by atoms with Crippen molar-refractivity contribution >= 4 is 0 Å². The highest BCUT2D eigenvalue weighted by Gasteiger charge is 2.24. The summed E-state index contributed by atoms with van der Waals surface area (Å²) in [5.74, 6) is -1.91. The molecular formula is C47H33N3. The molecule has 0 N–H and O–H groups in total. The van der Waals surface area contributed by atoms with Gasteiger partial charge >= 0.3 is 0 Å². The van der Waals surface area contributed by atoms with Crippen molar-refractivity contribution in [1.29, 1.82) is 0 Å². The summed E-state index contributed by atoms with van der Waals surface area (Å²) in [6.45, 7) is 1.32. The average Bonchev–Trinajstić information content (AvgIpc) is 3.81. The number of hydrogen-bond donors (Lipinski definition) is 0. The van der Waals surface area contributed by atoms with Gasteiger partial charge < -0.3 is 0 Å². The molecule has 3 nitrogen and oxygen atoms in total.